The van der Waals surface area contributed by atoms with Crippen LogP contribution in [0.25, 0.3) is 0 Å². The number of aliphatic hydroxyl groups is 1. The van der Waals surface area contributed by atoms with E-state index < -0.39 is 36.4 Å². The van der Waals surface area contributed by atoms with E-state index in [0.29, 0.717) is 50.5 Å². The van der Waals surface area contributed by atoms with Gasteiger partial charge < -0.3 is 52.6 Å². The molecule has 1 N–H and O–H groups in total. The zero-order chi connectivity index (χ0) is 51.8. The van der Waals surface area contributed by atoms with Gasteiger partial charge in [0.15, 0.2) is 0 Å². The molecule has 0 saturated heterocycles. The van der Waals surface area contributed by atoms with Crippen molar-refractivity contribution in [3.05, 3.63) is 72.0 Å². The molecule has 392 valence electrons. The summed E-state index contributed by atoms with van der Waals surface area (Å²) in [6.45, 7) is 13.8. The predicted molar refractivity (Wildman–Crippen MR) is 266 cm³/mol. The Balaban J connectivity index is 2.52. The van der Waals surface area contributed by atoms with Crippen LogP contribution in [0.4, 0.5) is 0 Å². The van der Waals surface area contributed by atoms with Crippen molar-refractivity contribution in [2.24, 2.45) is 35.5 Å². The Morgan fingerprint density at radius 2 is 1.45 bits per heavy atom. The predicted octanol–water partition coefficient (Wildman–Crippen LogP) is 7.56. The molecule has 0 aliphatic carbocycles. The Hall–Kier alpha value is -3.80. The molecule has 16 atom stereocenters. The maximum absolute atomic E-state index is 13.7. The Bertz CT molecular complexity index is 1740. The topological polar surface area (TPSA) is 175 Å². The van der Waals surface area contributed by atoms with Gasteiger partial charge in [-0.2, -0.15) is 0 Å². The molecule has 2 heterocycles. The number of nitrogens with zero attached hydrogens (tertiary/aromatic N) is 1. The summed E-state index contributed by atoms with van der Waals surface area (Å²) in [6, 6.07) is 0. The monoisotopic (exact) mass is 974 g/mol. The molecule has 15 nitrogen and oxygen atoms in total. The third-order valence-corrected chi connectivity index (χ3v) is 14.0. The van der Waals surface area contributed by atoms with E-state index in [0.717, 1.165) is 5.57 Å². The smallest absolute Gasteiger partial charge is 0.331 e. The van der Waals surface area contributed by atoms with Gasteiger partial charge in [-0.3, -0.25) is 9.59 Å². The Kier molecular flexibility index (Phi) is 28.6. The number of allylic oxidation sites excluding steroid dienone is 2. The van der Waals surface area contributed by atoms with Gasteiger partial charge in [0.1, 0.15) is 24.1 Å². The number of ketones is 1. The number of ether oxygens (including phenoxy) is 9. The third-order valence-electron chi connectivity index (χ3n) is 14.0. The van der Waals surface area contributed by atoms with E-state index in [9.17, 15) is 24.3 Å². The first-order valence-electron chi connectivity index (χ1n) is 24.4. The second-order valence-corrected chi connectivity index (χ2v) is 19.0. The van der Waals surface area contributed by atoms with E-state index in [1.807, 2.05) is 71.9 Å². The molecule has 0 radical (unpaired) electrons. The number of rotatable bonds is 19. The number of Topliss-reactive ketones (excluding diaryl/α,β-unsaturated/α-hetero) is 1. The summed E-state index contributed by atoms with van der Waals surface area (Å²) in [4.78, 5) is 52.5. The van der Waals surface area contributed by atoms with E-state index in [4.69, 9.17) is 42.6 Å². The van der Waals surface area contributed by atoms with Gasteiger partial charge in [-0.05, 0) is 44.1 Å². The van der Waals surface area contributed by atoms with Crippen molar-refractivity contribution in [2.75, 3.05) is 56.8 Å². The van der Waals surface area contributed by atoms with E-state index >= 15 is 0 Å². The number of aliphatic hydroxyl groups excluding tert-OH is 1. The number of fused-ring (bicyclic) bond motifs is 2. The number of cyclic esters (lactones) is 1. The van der Waals surface area contributed by atoms with Crippen molar-refractivity contribution in [1.29, 1.82) is 0 Å². The maximum atomic E-state index is 13.7. The van der Waals surface area contributed by atoms with Gasteiger partial charge >= 0.3 is 11.9 Å². The van der Waals surface area contributed by atoms with Gasteiger partial charge in [-0.1, -0.05) is 89.6 Å². The van der Waals surface area contributed by atoms with Gasteiger partial charge in [0.05, 0.1) is 42.7 Å². The molecule has 16 unspecified atom stereocenters. The minimum atomic E-state index is -1.08. The van der Waals surface area contributed by atoms with Crippen molar-refractivity contribution < 1.29 is 66.9 Å². The standard InChI is InChI=1S/C54H87NO14/c1-34-18-16-20-49(58)68-53(40(7)52(67-15)36(3)23-26-45(57)38(5)46(64-12)19-17-27-55(8)33-56)37(4)22-25-42(61-9)31-47(65-13)35(2)21-24-43(62-10)32-48(66-14)39(6)54-51(60)41(30-50(59)69-54)29-44(28-34)63-11/h16-18,20-22,24-25,27,30,33,35-40,42-44,46-48,51-54,60H,19,23,26,28-29,31-32H2,1-15H3/b20-16-,24-21+,25-22+,27-17+,34-18+. The fourth-order valence-electron chi connectivity index (χ4n) is 9.42. The SMILES string of the molecule is COC1/C=C/C(C)C(C(C)C(OC)C(C)CCC(=O)C(C)C(C/C=C/N(C)C=O)OC)OC(=O)/C=C\C=C(/C)CC(OC)CC2=CC(=O)OC(C2O)C(C)C(OC)CC(OC)/C=C/C(C)C(OC)C1. The van der Waals surface area contributed by atoms with Crippen LogP contribution in [0, 0.1) is 35.5 Å². The van der Waals surface area contributed by atoms with Gasteiger partial charge in [0.2, 0.25) is 6.41 Å². The molecule has 2 bridgehead atoms. The number of esters is 2. The summed E-state index contributed by atoms with van der Waals surface area (Å²) >= 11 is 0. The lowest BCUT2D eigenvalue weighted by molar-refractivity contribution is -0.160. The largest absolute Gasteiger partial charge is 0.458 e. The lowest BCUT2D eigenvalue weighted by atomic mass is 9.81. The molecule has 0 spiro atoms. The molecule has 0 fully saturated rings. The van der Waals surface area contributed by atoms with Crippen molar-refractivity contribution in [2.45, 2.75) is 154 Å². The molecule has 2 aliphatic heterocycles. The minimum absolute atomic E-state index is 0.0553. The Labute approximate surface area is 413 Å². The molecular weight excluding hydrogens is 887 g/mol. The lowest BCUT2D eigenvalue weighted by Crippen LogP contribution is -2.46. The lowest BCUT2D eigenvalue weighted by Gasteiger charge is -2.37. The summed E-state index contributed by atoms with van der Waals surface area (Å²) in [5.74, 6) is -2.51. The summed E-state index contributed by atoms with van der Waals surface area (Å²) in [5, 5.41) is 11.6. The highest BCUT2D eigenvalue weighted by atomic mass is 16.6. The number of carbonyl (C=O) groups excluding carboxylic acids is 4. The van der Waals surface area contributed by atoms with Crippen molar-refractivity contribution in [3.63, 3.8) is 0 Å². The van der Waals surface area contributed by atoms with Crippen LogP contribution in [0.2, 0.25) is 0 Å². The molecule has 0 aromatic rings. The maximum Gasteiger partial charge on any atom is 0.331 e. The van der Waals surface area contributed by atoms with E-state index in [1.54, 1.807) is 69.1 Å². The van der Waals surface area contributed by atoms with Crippen molar-refractivity contribution >= 4 is 24.1 Å². The highest BCUT2D eigenvalue weighted by Crippen LogP contribution is 2.33. The normalized spacial score (nSPS) is 32.7. The Morgan fingerprint density at radius 3 is 2.01 bits per heavy atom. The van der Waals surface area contributed by atoms with Crippen LogP contribution in [0.15, 0.2) is 72.0 Å². The zero-order valence-corrected chi connectivity index (χ0v) is 44.2. The number of amides is 1. The first-order valence-corrected chi connectivity index (χ1v) is 24.4. The fourth-order valence-corrected chi connectivity index (χ4v) is 9.42. The number of carbonyl (C=O) groups is 4. The highest BCUT2D eigenvalue weighted by molar-refractivity contribution is 5.84. The van der Waals surface area contributed by atoms with Crippen molar-refractivity contribution in [3.8, 4) is 0 Å². The van der Waals surface area contributed by atoms with Gasteiger partial charge in [0, 0.05) is 124 Å². The molecule has 69 heavy (non-hydrogen) atoms. The molecule has 2 rings (SSSR count). The number of methoxy groups -OCH3 is 7. The van der Waals surface area contributed by atoms with Crippen molar-refractivity contribution in [1.82, 2.24) is 4.90 Å². The third kappa shape index (κ3) is 20.1. The molecule has 2 aliphatic rings. The van der Waals surface area contributed by atoms with Gasteiger partial charge in [-0.25, -0.2) is 9.59 Å². The zero-order valence-electron chi connectivity index (χ0n) is 44.2. The van der Waals surface area contributed by atoms with Crippen LogP contribution in [0.3, 0.4) is 0 Å². The molecule has 1 amide bonds. The highest BCUT2D eigenvalue weighted by Gasteiger charge is 2.40. The first-order chi connectivity index (χ1) is 32.8. The van der Waals surface area contributed by atoms with Crippen LogP contribution in [-0.4, -0.2) is 152 Å². The summed E-state index contributed by atoms with van der Waals surface area (Å²) in [7, 11) is 13.0. The quantitative estimate of drug-likeness (QED) is 0.0763. The molecular formula is C54H87NO14. The average Bonchev–Trinajstić information content (AvgIpc) is 3.33. The second kappa shape index (κ2) is 32.2. The van der Waals surface area contributed by atoms with Crippen LogP contribution >= 0.6 is 0 Å². The summed E-state index contributed by atoms with van der Waals surface area (Å²) in [6.07, 6.45) is 16.4. The Morgan fingerprint density at radius 1 is 0.826 bits per heavy atom. The first kappa shape index (κ1) is 61.3. The summed E-state index contributed by atoms with van der Waals surface area (Å²) in [5.41, 5.74) is 1.41. The molecule has 0 saturated carbocycles. The molecule has 0 aromatic carbocycles. The number of hydrogen-bond donors (Lipinski definition) is 1. The second-order valence-electron chi connectivity index (χ2n) is 19.0. The molecule has 15 heteroatoms. The van der Waals surface area contributed by atoms with Crippen LogP contribution in [0.1, 0.15) is 93.4 Å². The summed E-state index contributed by atoms with van der Waals surface area (Å²) < 4.78 is 53.5. The van der Waals surface area contributed by atoms with Gasteiger partial charge in [-0.15, -0.1) is 0 Å². The van der Waals surface area contributed by atoms with Gasteiger partial charge in [0.25, 0.3) is 0 Å². The van der Waals surface area contributed by atoms with Crippen LogP contribution < -0.4 is 0 Å². The average molecular weight is 974 g/mol. The van der Waals surface area contributed by atoms with E-state index in [-0.39, 0.29) is 84.3 Å². The van der Waals surface area contributed by atoms with Crippen LogP contribution in [-0.2, 0) is 61.8 Å². The fraction of sp³-hybridized carbons (Fsp3) is 0.704. The van der Waals surface area contributed by atoms with E-state index in [1.165, 1.54) is 17.1 Å². The molecule has 0 aromatic heterocycles. The van der Waals surface area contributed by atoms with Crippen LogP contribution in [0.5, 0.6) is 0 Å². The number of hydrogen-bond acceptors (Lipinski definition) is 14. The minimum Gasteiger partial charge on any atom is -0.458 e. The van der Waals surface area contributed by atoms with E-state index in [2.05, 4.69) is 13.0 Å².